The van der Waals surface area contributed by atoms with Gasteiger partial charge in [0.1, 0.15) is 5.60 Å². The van der Waals surface area contributed by atoms with E-state index in [1.807, 2.05) is 30.3 Å². The maximum atomic E-state index is 14.0. The molecular formula is C28H25Cl2NO5. The Morgan fingerprint density at radius 2 is 1.53 bits per heavy atom. The van der Waals surface area contributed by atoms with E-state index < -0.39 is 28.7 Å². The SMILES string of the molecule is CCOC(=O)[C@@]12CC(c3ccc(Cl)cc3)(c3ccc(Cl)cc3)O[C@]1(O)CN(Cc1ccccc1)C2=O. The smallest absolute Gasteiger partial charge is 0.327 e. The minimum absolute atomic E-state index is 0.0531. The van der Waals surface area contributed by atoms with E-state index in [9.17, 15) is 14.7 Å². The van der Waals surface area contributed by atoms with E-state index in [0.717, 1.165) is 5.56 Å². The third-order valence-corrected chi connectivity index (χ3v) is 7.55. The lowest BCUT2D eigenvalue weighted by atomic mass is 9.72. The number of fused-ring (bicyclic) bond motifs is 1. The largest absolute Gasteiger partial charge is 0.465 e. The highest BCUT2D eigenvalue weighted by Crippen LogP contribution is 2.61. The lowest BCUT2D eigenvalue weighted by Crippen LogP contribution is -2.52. The fourth-order valence-electron chi connectivity index (χ4n) is 5.36. The summed E-state index contributed by atoms with van der Waals surface area (Å²) in [5.74, 6) is -3.47. The van der Waals surface area contributed by atoms with Gasteiger partial charge >= 0.3 is 5.97 Å². The predicted octanol–water partition coefficient (Wildman–Crippen LogP) is 4.94. The number of amides is 1. The molecule has 1 N–H and O–H groups in total. The molecule has 2 saturated heterocycles. The molecule has 0 saturated carbocycles. The van der Waals surface area contributed by atoms with Crippen LogP contribution in [-0.2, 0) is 31.2 Å². The number of hydrogen-bond donors (Lipinski definition) is 1. The van der Waals surface area contributed by atoms with Crippen LogP contribution in [-0.4, -0.2) is 40.8 Å². The number of nitrogens with zero attached hydrogens (tertiary/aromatic N) is 1. The minimum atomic E-state index is -2.13. The standard InChI is InChI=1S/C28H25Cl2NO5/c1-2-35-25(33)26-17-27(20-8-12-22(29)13-9-20,21-10-14-23(30)15-11-21)36-28(26,34)18-31(24(26)32)16-19-6-4-3-5-7-19/h3-15,34H,2,16-18H2,1H3/t26-,28+/m0/s1. The number of halogens is 2. The normalized spacial score (nSPS) is 24.6. The highest BCUT2D eigenvalue weighted by Gasteiger charge is 2.78. The number of carbonyl (C=O) groups is 2. The molecule has 0 bridgehead atoms. The first-order valence-electron chi connectivity index (χ1n) is 11.7. The summed E-state index contributed by atoms with van der Waals surface area (Å²) in [4.78, 5) is 29.1. The van der Waals surface area contributed by atoms with Crippen LogP contribution in [0.3, 0.4) is 0 Å². The number of carbonyl (C=O) groups excluding carboxylic acids is 2. The quantitative estimate of drug-likeness (QED) is 0.364. The summed E-state index contributed by atoms with van der Waals surface area (Å²) in [7, 11) is 0. The van der Waals surface area contributed by atoms with Gasteiger partial charge in [-0.3, -0.25) is 9.59 Å². The van der Waals surface area contributed by atoms with Crippen LogP contribution in [0.2, 0.25) is 10.0 Å². The predicted molar refractivity (Wildman–Crippen MR) is 135 cm³/mol. The second kappa shape index (κ2) is 9.20. The van der Waals surface area contributed by atoms with Crippen LogP contribution < -0.4 is 0 Å². The van der Waals surface area contributed by atoms with Crippen molar-refractivity contribution in [1.82, 2.24) is 4.90 Å². The first kappa shape index (κ1) is 24.8. The van der Waals surface area contributed by atoms with E-state index in [2.05, 4.69) is 0 Å². The number of rotatable bonds is 6. The molecule has 3 aromatic carbocycles. The molecule has 0 unspecified atom stereocenters. The molecule has 2 aliphatic heterocycles. The monoisotopic (exact) mass is 525 g/mol. The second-order valence-electron chi connectivity index (χ2n) is 9.18. The summed E-state index contributed by atoms with van der Waals surface area (Å²) < 4.78 is 11.9. The van der Waals surface area contributed by atoms with Crippen molar-refractivity contribution in [3.05, 3.63) is 106 Å². The number of β-amino-alcohol motifs (C(OH)–C–C–N with tert-alkyl or cyclic N) is 1. The molecule has 5 rings (SSSR count). The molecule has 2 atom stereocenters. The van der Waals surface area contributed by atoms with Crippen LogP contribution in [0.25, 0.3) is 0 Å². The van der Waals surface area contributed by atoms with E-state index in [-0.39, 0.29) is 26.1 Å². The summed E-state index contributed by atoms with van der Waals surface area (Å²) >= 11 is 12.3. The maximum Gasteiger partial charge on any atom is 0.327 e. The van der Waals surface area contributed by atoms with Gasteiger partial charge in [0.15, 0.2) is 0 Å². The number of benzene rings is 3. The Bertz CT molecular complexity index is 1240. The van der Waals surface area contributed by atoms with Gasteiger partial charge in [-0.05, 0) is 47.9 Å². The Hall–Kier alpha value is -2.90. The van der Waals surface area contributed by atoms with Crippen molar-refractivity contribution in [2.75, 3.05) is 13.2 Å². The van der Waals surface area contributed by atoms with Gasteiger partial charge in [0.05, 0.1) is 13.2 Å². The molecular weight excluding hydrogens is 501 g/mol. The van der Waals surface area contributed by atoms with Gasteiger partial charge < -0.3 is 19.5 Å². The average molecular weight is 526 g/mol. The number of aliphatic hydroxyl groups is 1. The van der Waals surface area contributed by atoms with Gasteiger partial charge in [-0.2, -0.15) is 0 Å². The molecule has 6 nitrogen and oxygen atoms in total. The molecule has 0 aliphatic carbocycles. The maximum absolute atomic E-state index is 14.0. The molecule has 1 amide bonds. The fourth-order valence-corrected chi connectivity index (χ4v) is 5.62. The zero-order chi connectivity index (χ0) is 25.6. The van der Waals surface area contributed by atoms with Crippen molar-refractivity contribution >= 4 is 35.1 Å². The average Bonchev–Trinajstić information content (AvgIpc) is 3.26. The van der Waals surface area contributed by atoms with E-state index in [4.69, 9.17) is 32.7 Å². The van der Waals surface area contributed by atoms with Crippen LogP contribution in [0.4, 0.5) is 0 Å². The van der Waals surface area contributed by atoms with Crippen LogP contribution in [0.5, 0.6) is 0 Å². The summed E-state index contributed by atoms with van der Waals surface area (Å²) in [6.45, 7) is 1.75. The molecule has 0 radical (unpaired) electrons. The Morgan fingerprint density at radius 1 is 0.972 bits per heavy atom. The van der Waals surface area contributed by atoms with E-state index in [1.165, 1.54) is 4.90 Å². The molecule has 0 spiro atoms. The van der Waals surface area contributed by atoms with Gasteiger partial charge in [0.2, 0.25) is 17.1 Å². The molecule has 2 heterocycles. The van der Waals surface area contributed by atoms with Crippen LogP contribution in [0.15, 0.2) is 78.9 Å². The van der Waals surface area contributed by atoms with Gasteiger partial charge in [0.25, 0.3) is 0 Å². The van der Waals surface area contributed by atoms with E-state index in [0.29, 0.717) is 21.2 Å². The summed E-state index contributed by atoms with van der Waals surface area (Å²) in [6, 6.07) is 23.3. The number of ether oxygens (including phenoxy) is 2. The molecule has 2 fully saturated rings. The minimum Gasteiger partial charge on any atom is -0.465 e. The Morgan fingerprint density at radius 3 is 2.06 bits per heavy atom. The van der Waals surface area contributed by atoms with Crippen molar-refractivity contribution in [2.45, 2.75) is 31.3 Å². The van der Waals surface area contributed by atoms with Crippen LogP contribution >= 0.6 is 23.2 Å². The zero-order valence-corrected chi connectivity index (χ0v) is 21.1. The Balaban J connectivity index is 1.65. The lowest BCUT2D eigenvalue weighted by molar-refractivity contribution is -0.239. The number of likely N-dealkylation sites (tertiary alicyclic amines) is 1. The van der Waals surface area contributed by atoms with Gasteiger partial charge in [-0.1, -0.05) is 77.8 Å². The molecule has 8 heteroatoms. The molecule has 3 aromatic rings. The van der Waals surface area contributed by atoms with Crippen molar-refractivity contribution in [3.63, 3.8) is 0 Å². The Kier molecular flexibility index (Phi) is 6.33. The van der Waals surface area contributed by atoms with Crippen molar-refractivity contribution in [3.8, 4) is 0 Å². The second-order valence-corrected chi connectivity index (χ2v) is 10.0. The highest BCUT2D eigenvalue weighted by atomic mass is 35.5. The van der Waals surface area contributed by atoms with Crippen LogP contribution in [0, 0.1) is 5.41 Å². The van der Waals surface area contributed by atoms with E-state index in [1.54, 1.807) is 55.5 Å². The molecule has 2 aliphatic rings. The van der Waals surface area contributed by atoms with Crippen molar-refractivity contribution in [2.24, 2.45) is 5.41 Å². The topological polar surface area (TPSA) is 76.1 Å². The number of esters is 1. The first-order valence-corrected chi connectivity index (χ1v) is 12.4. The number of hydrogen-bond acceptors (Lipinski definition) is 5. The summed E-state index contributed by atoms with van der Waals surface area (Å²) in [5, 5.41) is 13.1. The lowest BCUT2D eigenvalue weighted by Gasteiger charge is -2.34. The first-order chi connectivity index (χ1) is 17.2. The fraction of sp³-hybridized carbons (Fsp3) is 0.286. The summed E-state index contributed by atoms with van der Waals surface area (Å²) in [5.41, 5.74) is -1.14. The third-order valence-electron chi connectivity index (χ3n) is 7.04. The van der Waals surface area contributed by atoms with Gasteiger partial charge in [-0.15, -0.1) is 0 Å². The zero-order valence-electron chi connectivity index (χ0n) is 19.6. The van der Waals surface area contributed by atoms with Gasteiger partial charge in [-0.25, -0.2) is 0 Å². The molecule has 186 valence electrons. The third kappa shape index (κ3) is 3.80. The highest BCUT2D eigenvalue weighted by molar-refractivity contribution is 6.30. The van der Waals surface area contributed by atoms with Crippen molar-refractivity contribution < 1.29 is 24.2 Å². The van der Waals surface area contributed by atoms with Crippen LogP contribution in [0.1, 0.15) is 30.0 Å². The van der Waals surface area contributed by atoms with Gasteiger partial charge in [0, 0.05) is 23.0 Å². The Labute approximate surface area is 219 Å². The van der Waals surface area contributed by atoms with Crippen molar-refractivity contribution in [1.29, 1.82) is 0 Å². The molecule has 36 heavy (non-hydrogen) atoms. The summed E-state index contributed by atoms with van der Waals surface area (Å²) in [6.07, 6.45) is -0.150. The van der Waals surface area contributed by atoms with E-state index >= 15 is 0 Å². The molecule has 0 aromatic heterocycles.